The van der Waals surface area contributed by atoms with Crippen molar-refractivity contribution in [3.63, 3.8) is 0 Å². The molecule has 3 rings (SSSR count). The summed E-state index contributed by atoms with van der Waals surface area (Å²) < 4.78 is 0. The summed E-state index contributed by atoms with van der Waals surface area (Å²) in [6.45, 7) is 0.278. The van der Waals surface area contributed by atoms with Gasteiger partial charge in [0.1, 0.15) is 5.69 Å². The number of carbonyl (C=O) groups excluding carboxylic acids is 1. The van der Waals surface area contributed by atoms with Crippen molar-refractivity contribution in [2.24, 2.45) is 0 Å². The molecule has 0 saturated heterocycles. The molecule has 2 aromatic carbocycles. The van der Waals surface area contributed by atoms with E-state index in [-0.39, 0.29) is 30.6 Å². The quantitative estimate of drug-likeness (QED) is 0.461. The van der Waals surface area contributed by atoms with Gasteiger partial charge in [0.2, 0.25) is 5.91 Å². The van der Waals surface area contributed by atoms with E-state index in [2.05, 4.69) is 15.6 Å². The molecule has 3 aromatic rings. The summed E-state index contributed by atoms with van der Waals surface area (Å²) in [6.07, 6.45) is 1.86. The lowest BCUT2D eigenvalue weighted by Crippen LogP contribution is -2.31. The maximum atomic E-state index is 12.5. The number of rotatable bonds is 8. The maximum absolute atomic E-state index is 12.5. The first-order chi connectivity index (χ1) is 13.6. The van der Waals surface area contributed by atoms with E-state index in [1.54, 1.807) is 24.4 Å². The molecule has 0 saturated carbocycles. The molecule has 0 fully saturated rings. The molecule has 1 amide bonds. The summed E-state index contributed by atoms with van der Waals surface area (Å²) in [6, 6.07) is 21.2. The molecule has 1 aromatic heterocycles. The Kier molecular flexibility index (Phi) is 6.30. The standard InChI is InChI=1S/C21H20N4O3/c26-20(13-15-23-17-10-4-5-12-19(17)25(27)28)24-21(16-8-2-1-3-9-16)18-11-6-7-14-22-18/h1-12,14,21,23H,13,15H2,(H,24,26). The second kappa shape index (κ2) is 9.27. The van der Waals surface area contributed by atoms with Crippen molar-refractivity contribution in [2.45, 2.75) is 12.5 Å². The van der Waals surface area contributed by atoms with Gasteiger partial charge in [0, 0.05) is 25.2 Å². The van der Waals surface area contributed by atoms with E-state index in [0.29, 0.717) is 5.69 Å². The number of anilines is 1. The van der Waals surface area contributed by atoms with Gasteiger partial charge in [-0.1, -0.05) is 48.5 Å². The van der Waals surface area contributed by atoms with E-state index < -0.39 is 4.92 Å². The molecule has 2 N–H and O–H groups in total. The Hall–Kier alpha value is -3.74. The summed E-state index contributed by atoms with van der Waals surface area (Å²) in [7, 11) is 0. The third-order valence-electron chi connectivity index (χ3n) is 4.19. The van der Waals surface area contributed by atoms with Gasteiger partial charge in [-0.15, -0.1) is 0 Å². The van der Waals surface area contributed by atoms with E-state index in [1.165, 1.54) is 6.07 Å². The molecule has 0 bridgehead atoms. The number of nitrogens with one attached hydrogen (secondary N) is 2. The Morgan fingerprint density at radius 1 is 1.00 bits per heavy atom. The highest BCUT2D eigenvalue weighted by Crippen LogP contribution is 2.23. The Balaban J connectivity index is 1.64. The van der Waals surface area contributed by atoms with Crippen molar-refractivity contribution >= 4 is 17.3 Å². The van der Waals surface area contributed by atoms with Crippen LogP contribution in [-0.4, -0.2) is 22.4 Å². The molecule has 0 aliphatic rings. The lowest BCUT2D eigenvalue weighted by atomic mass is 10.0. The molecule has 0 aliphatic heterocycles. The minimum absolute atomic E-state index is 0.0152. The molecular weight excluding hydrogens is 356 g/mol. The second-order valence-electron chi connectivity index (χ2n) is 6.12. The SMILES string of the molecule is O=C(CCNc1ccccc1[N+](=O)[O-])NC(c1ccccc1)c1ccccn1. The highest BCUT2D eigenvalue weighted by atomic mass is 16.6. The minimum atomic E-state index is -0.449. The second-order valence-corrected chi connectivity index (χ2v) is 6.12. The summed E-state index contributed by atoms with van der Waals surface area (Å²) in [5.74, 6) is -0.175. The van der Waals surface area contributed by atoms with Crippen molar-refractivity contribution in [3.05, 3.63) is 100 Å². The highest BCUT2D eigenvalue weighted by molar-refractivity contribution is 5.77. The predicted molar refractivity (Wildman–Crippen MR) is 107 cm³/mol. The number of nitrogens with zero attached hydrogens (tertiary/aromatic N) is 2. The maximum Gasteiger partial charge on any atom is 0.292 e. The van der Waals surface area contributed by atoms with Crippen LogP contribution in [0.5, 0.6) is 0 Å². The van der Waals surface area contributed by atoms with Crippen molar-refractivity contribution in [1.29, 1.82) is 0 Å². The number of amides is 1. The zero-order chi connectivity index (χ0) is 19.8. The first-order valence-electron chi connectivity index (χ1n) is 8.87. The fourth-order valence-corrected chi connectivity index (χ4v) is 2.85. The van der Waals surface area contributed by atoms with Crippen LogP contribution in [0.1, 0.15) is 23.7 Å². The normalized spacial score (nSPS) is 11.4. The molecule has 28 heavy (non-hydrogen) atoms. The summed E-state index contributed by atoms with van der Waals surface area (Å²) in [5, 5.41) is 17.0. The summed E-state index contributed by atoms with van der Waals surface area (Å²) >= 11 is 0. The molecule has 7 heteroatoms. The Morgan fingerprint density at radius 2 is 1.71 bits per heavy atom. The number of aromatic nitrogens is 1. The van der Waals surface area contributed by atoms with Crippen LogP contribution in [0.25, 0.3) is 0 Å². The Labute approximate surface area is 162 Å². The van der Waals surface area contributed by atoms with E-state index >= 15 is 0 Å². The molecular formula is C21H20N4O3. The van der Waals surface area contributed by atoms with Crippen molar-refractivity contribution in [2.75, 3.05) is 11.9 Å². The van der Waals surface area contributed by atoms with Gasteiger partial charge < -0.3 is 10.6 Å². The monoisotopic (exact) mass is 376 g/mol. The van der Waals surface area contributed by atoms with Gasteiger partial charge in [0.15, 0.2) is 0 Å². The summed E-state index contributed by atoms with van der Waals surface area (Å²) in [5.41, 5.74) is 2.05. The number of para-hydroxylation sites is 2. The molecule has 1 unspecified atom stereocenters. The zero-order valence-corrected chi connectivity index (χ0v) is 15.1. The van der Waals surface area contributed by atoms with Crippen molar-refractivity contribution < 1.29 is 9.72 Å². The summed E-state index contributed by atoms with van der Waals surface area (Å²) in [4.78, 5) is 27.5. The largest absolute Gasteiger partial charge is 0.379 e. The number of nitro benzene ring substituents is 1. The average molecular weight is 376 g/mol. The predicted octanol–water partition coefficient (Wildman–Crippen LogP) is 3.70. The van der Waals surface area contributed by atoms with Gasteiger partial charge in [0.05, 0.1) is 16.7 Å². The van der Waals surface area contributed by atoms with Gasteiger partial charge in [-0.05, 0) is 23.8 Å². The minimum Gasteiger partial charge on any atom is -0.379 e. The van der Waals surface area contributed by atoms with Crippen LogP contribution >= 0.6 is 0 Å². The Bertz CT molecular complexity index is 893. The van der Waals surface area contributed by atoms with Crippen LogP contribution in [0, 0.1) is 10.1 Å². The van der Waals surface area contributed by atoms with E-state index in [4.69, 9.17) is 0 Å². The fraction of sp³-hybridized carbons (Fsp3) is 0.143. The smallest absolute Gasteiger partial charge is 0.292 e. The first kappa shape index (κ1) is 19.0. The molecule has 0 radical (unpaired) electrons. The number of carbonyl (C=O) groups is 1. The van der Waals surface area contributed by atoms with Crippen LogP contribution in [-0.2, 0) is 4.79 Å². The Morgan fingerprint density at radius 3 is 2.43 bits per heavy atom. The van der Waals surface area contributed by atoms with Crippen LogP contribution < -0.4 is 10.6 Å². The number of nitro groups is 1. The third-order valence-corrected chi connectivity index (χ3v) is 4.19. The van der Waals surface area contributed by atoms with Crippen LogP contribution in [0.2, 0.25) is 0 Å². The number of benzene rings is 2. The van der Waals surface area contributed by atoms with Crippen LogP contribution in [0.4, 0.5) is 11.4 Å². The molecule has 7 nitrogen and oxygen atoms in total. The molecule has 1 heterocycles. The van der Waals surface area contributed by atoms with Gasteiger partial charge >= 0.3 is 0 Å². The molecule has 0 aliphatic carbocycles. The van der Waals surface area contributed by atoms with Gasteiger partial charge in [-0.3, -0.25) is 19.9 Å². The highest BCUT2D eigenvalue weighted by Gasteiger charge is 2.18. The molecule has 142 valence electrons. The van der Waals surface area contributed by atoms with Gasteiger partial charge in [-0.2, -0.15) is 0 Å². The van der Waals surface area contributed by atoms with Crippen LogP contribution in [0.3, 0.4) is 0 Å². The van der Waals surface area contributed by atoms with Gasteiger partial charge in [-0.25, -0.2) is 0 Å². The zero-order valence-electron chi connectivity index (χ0n) is 15.1. The van der Waals surface area contributed by atoms with Crippen molar-refractivity contribution in [1.82, 2.24) is 10.3 Å². The third kappa shape index (κ3) is 4.91. The van der Waals surface area contributed by atoms with Crippen molar-refractivity contribution in [3.8, 4) is 0 Å². The molecule has 0 spiro atoms. The molecule has 1 atom stereocenters. The lowest BCUT2D eigenvalue weighted by molar-refractivity contribution is -0.384. The lowest BCUT2D eigenvalue weighted by Gasteiger charge is -2.19. The number of pyridine rings is 1. The topological polar surface area (TPSA) is 97.2 Å². The van der Waals surface area contributed by atoms with E-state index in [1.807, 2.05) is 48.5 Å². The van der Waals surface area contributed by atoms with E-state index in [0.717, 1.165) is 11.3 Å². The fourth-order valence-electron chi connectivity index (χ4n) is 2.85. The average Bonchev–Trinajstić information content (AvgIpc) is 2.73. The van der Waals surface area contributed by atoms with E-state index in [9.17, 15) is 14.9 Å². The van der Waals surface area contributed by atoms with Crippen LogP contribution in [0.15, 0.2) is 79.0 Å². The van der Waals surface area contributed by atoms with Gasteiger partial charge in [0.25, 0.3) is 5.69 Å². The first-order valence-corrected chi connectivity index (χ1v) is 8.87. The number of hydrogen-bond donors (Lipinski definition) is 2. The number of hydrogen-bond acceptors (Lipinski definition) is 5.